The Morgan fingerprint density at radius 2 is 2.33 bits per heavy atom. The lowest BCUT2D eigenvalue weighted by Crippen LogP contribution is -2.04. The molecule has 15 heavy (non-hydrogen) atoms. The Kier molecular flexibility index (Phi) is 2.83. The van der Waals surface area contributed by atoms with Crippen LogP contribution < -0.4 is 0 Å². The zero-order valence-electron chi connectivity index (χ0n) is 7.32. The second kappa shape index (κ2) is 4.12. The maximum atomic E-state index is 10.6. The van der Waals surface area contributed by atoms with E-state index in [1.165, 1.54) is 10.7 Å². The molecular formula is C9H4BrClN3O. The molecule has 0 aromatic carbocycles. The van der Waals surface area contributed by atoms with Gasteiger partial charge in [-0.3, -0.25) is 4.79 Å². The smallest absolute Gasteiger partial charge is 0.253 e. The van der Waals surface area contributed by atoms with E-state index in [2.05, 4.69) is 26.0 Å². The highest BCUT2D eigenvalue weighted by atomic mass is 79.9. The summed E-state index contributed by atoms with van der Waals surface area (Å²) in [5.74, 6) is 0.406. The molecule has 0 amide bonds. The largest absolute Gasteiger partial charge is 0.283 e. The third-order valence-corrected chi connectivity index (χ3v) is 2.41. The van der Waals surface area contributed by atoms with Crippen molar-refractivity contribution in [1.82, 2.24) is 14.8 Å². The molecule has 2 aromatic heterocycles. The van der Waals surface area contributed by atoms with Crippen molar-refractivity contribution in [1.29, 1.82) is 0 Å². The molecule has 6 heteroatoms. The van der Waals surface area contributed by atoms with Crippen molar-refractivity contribution < 1.29 is 4.79 Å². The highest BCUT2D eigenvalue weighted by Crippen LogP contribution is 2.19. The molecular weight excluding hydrogens is 281 g/mol. The second-order valence-electron chi connectivity index (χ2n) is 2.67. The predicted octanol–water partition coefficient (Wildman–Crippen LogP) is 2.14. The SMILES string of the molecule is O=[C]c1cc(Br)nn1-c1ncccc1Cl. The number of nitrogens with zero attached hydrogens (tertiary/aromatic N) is 3. The van der Waals surface area contributed by atoms with E-state index in [0.29, 0.717) is 15.4 Å². The zero-order valence-corrected chi connectivity index (χ0v) is 9.66. The van der Waals surface area contributed by atoms with Crippen LogP contribution in [0.15, 0.2) is 29.0 Å². The van der Waals surface area contributed by atoms with Gasteiger partial charge in [-0.1, -0.05) is 11.6 Å². The van der Waals surface area contributed by atoms with Crippen LogP contribution in [-0.4, -0.2) is 21.1 Å². The van der Waals surface area contributed by atoms with Crippen molar-refractivity contribution in [3.63, 3.8) is 0 Å². The van der Waals surface area contributed by atoms with Gasteiger partial charge in [0, 0.05) is 12.3 Å². The maximum absolute atomic E-state index is 10.6. The Hall–Kier alpha value is -1.20. The third kappa shape index (κ3) is 1.93. The number of halogens is 2. The topological polar surface area (TPSA) is 47.8 Å². The number of hydrogen-bond donors (Lipinski definition) is 0. The fourth-order valence-corrected chi connectivity index (χ4v) is 1.70. The van der Waals surface area contributed by atoms with Crippen LogP contribution in [0.1, 0.15) is 5.69 Å². The van der Waals surface area contributed by atoms with Gasteiger partial charge in [-0.25, -0.2) is 9.67 Å². The summed E-state index contributed by atoms with van der Waals surface area (Å²) in [5, 5.41) is 4.46. The van der Waals surface area contributed by atoms with Gasteiger partial charge in [0.25, 0.3) is 6.29 Å². The quantitative estimate of drug-likeness (QED) is 0.849. The molecule has 0 saturated heterocycles. The van der Waals surface area contributed by atoms with Crippen LogP contribution in [0.2, 0.25) is 5.02 Å². The molecule has 0 spiro atoms. The minimum atomic E-state index is 0.266. The highest BCUT2D eigenvalue weighted by molar-refractivity contribution is 9.10. The van der Waals surface area contributed by atoms with E-state index in [9.17, 15) is 4.79 Å². The van der Waals surface area contributed by atoms with E-state index in [1.807, 2.05) is 0 Å². The molecule has 0 unspecified atom stereocenters. The standard InChI is InChI=1S/C9H4BrClN3O/c10-8-4-6(5-15)14(13-8)9-7(11)2-1-3-12-9/h1-4H. The van der Waals surface area contributed by atoms with Crippen molar-refractivity contribution in [3.05, 3.63) is 39.7 Å². The van der Waals surface area contributed by atoms with Crippen LogP contribution in [0.4, 0.5) is 0 Å². The monoisotopic (exact) mass is 284 g/mol. The maximum Gasteiger partial charge on any atom is 0.253 e. The second-order valence-corrected chi connectivity index (χ2v) is 3.89. The van der Waals surface area contributed by atoms with E-state index < -0.39 is 0 Å². The minimum absolute atomic E-state index is 0.266. The number of rotatable bonds is 2. The zero-order chi connectivity index (χ0) is 10.8. The minimum Gasteiger partial charge on any atom is -0.283 e. The molecule has 2 heterocycles. The molecule has 0 fully saturated rings. The van der Waals surface area contributed by atoms with Gasteiger partial charge in [-0.05, 0) is 28.1 Å². The average Bonchev–Trinajstić information content (AvgIpc) is 2.60. The number of hydrogen-bond acceptors (Lipinski definition) is 3. The summed E-state index contributed by atoms with van der Waals surface area (Å²) in [6.45, 7) is 0. The fraction of sp³-hybridized carbons (Fsp3) is 0. The van der Waals surface area contributed by atoms with Crippen LogP contribution >= 0.6 is 27.5 Å². The van der Waals surface area contributed by atoms with E-state index in [0.717, 1.165) is 0 Å². The Morgan fingerprint density at radius 3 is 3.00 bits per heavy atom. The summed E-state index contributed by atoms with van der Waals surface area (Å²) in [5.41, 5.74) is 0.266. The molecule has 2 aromatic rings. The molecule has 0 aliphatic heterocycles. The Labute approximate surface area is 99.0 Å². The lowest BCUT2D eigenvalue weighted by atomic mass is 10.4. The number of aromatic nitrogens is 3. The summed E-state index contributed by atoms with van der Waals surface area (Å²) < 4.78 is 1.86. The lowest BCUT2D eigenvalue weighted by Gasteiger charge is -2.02. The van der Waals surface area contributed by atoms with Gasteiger partial charge in [0.1, 0.15) is 10.3 Å². The molecule has 0 N–H and O–H groups in total. The van der Waals surface area contributed by atoms with Gasteiger partial charge in [0.2, 0.25) is 0 Å². The average molecular weight is 286 g/mol. The first-order valence-electron chi connectivity index (χ1n) is 3.97. The summed E-state index contributed by atoms with van der Waals surface area (Å²) in [6, 6.07) is 4.92. The summed E-state index contributed by atoms with van der Waals surface area (Å²) in [4.78, 5) is 14.7. The summed E-state index contributed by atoms with van der Waals surface area (Å²) in [6.07, 6.45) is 3.34. The predicted molar refractivity (Wildman–Crippen MR) is 58.9 cm³/mol. The first-order valence-corrected chi connectivity index (χ1v) is 5.14. The van der Waals surface area contributed by atoms with E-state index in [4.69, 9.17) is 11.6 Å². The van der Waals surface area contributed by atoms with Crippen molar-refractivity contribution in [3.8, 4) is 5.82 Å². The number of pyridine rings is 1. The van der Waals surface area contributed by atoms with Gasteiger partial charge in [0.05, 0.1) is 5.02 Å². The first kappa shape index (κ1) is 10.3. The lowest BCUT2D eigenvalue weighted by molar-refractivity contribution is 0.559. The van der Waals surface area contributed by atoms with Crippen LogP contribution in [0.25, 0.3) is 5.82 Å². The summed E-state index contributed by atoms with van der Waals surface area (Å²) >= 11 is 9.09. The van der Waals surface area contributed by atoms with E-state index in [-0.39, 0.29) is 5.69 Å². The molecule has 2 rings (SSSR count). The Bertz CT molecular complexity index is 512. The molecule has 0 bridgehead atoms. The molecule has 0 saturated carbocycles. The molecule has 75 valence electrons. The van der Waals surface area contributed by atoms with Gasteiger partial charge in [-0.2, -0.15) is 5.10 Å². The summed E-state index contributed by atoms with van der Waals surface area (Å²) in [7, 11) is 0. The highest BCUT2D eigenvalue weighted by Gasteiger charge is 2.11. The van der Waals surface area contributed by atoms with Gasteiger partial charge < -0.3 is 0 Å². The molecule has 0 atom stereocenters. The van der Waals surface area contributed by atoms with Crippen LogP contribution in [0, 0.1) is 0 Å². The van der Waals surface area contributed by atoms with Crippen molar-refractivity contribution in [2.24, 2.45) is 0 Å². The van der Waals surface area contributed by atoms with Gasteiger partial charge in [-0.15, -0.1) is 0 Å². The first-order chi connectivity index (χ1) is 7.22. The van der Waals surface area contributed by atoms with Gasteiger partial charge in [0.15, 0.2) is 5.82 Å². The van der Waals surface area contributed by atoms with Crippen LogP contribution in [0.5, 0.6) is 0 Å². The normalized spacial score (nSPS) is 10.3. The van der Waals surface area contributed by atoms with Crippen molar-refractivity contribution in [2.45, 2.75) is 0 Å². The number of carbonyl (C=O) groups excluding carboxylic acids is 1. The molecule has 0 aliphatic carbocycles. The molecule has 1 radical (unpaired) electrons. The molecule has 0 aliphatic rings. The van der Waals surface area contributed by atoms with E-state index in [1.54, 1.807) is 24.6 Å². The van der Waals surface area contributed by atoms with Gasteiger partial charge >= 0.3 is 0 Å². The van der Waals surface area contributed by atoms with Crippen molar-refractivity contribution in [2.75, 3.05) is 0 Å². The van der Waals surface area contributed by atoms with Crippen LogP contribution in [0.3, 0.4) is 0 Å². The Morgan fingerprint density at radius 1 is 1.53 bits per heavy atom. The third-order valence-electron chi connectivity index (χ3n) is 1.72. The van der Waals surface area contributed by atoms with Crippen molar-refractivity contribution >= 4 is 33.8 Å². The fourth-order valence-electron chi connectivity index (χ4n) is 1.12. The molecule has 4 nitrogen and oxygen atoms in total. The Balaban J connectivity index is 2.63. The van der Waals surface area contributed by atoms with E-state index >= 15 is 0 Å². The van der Waals surface area contributed by atoms with Crippen LogP contribution in [-0.2, 0) is 4.79 Å².